The molecule has 1 aromatic rings. The average molecular weight is 230 g/mol. The van der Waals surface area contributed by atoms with Crippen LogP contribution >= 0.6 is 11.6 Å². The number of carbonyl (C=O) groups is 1. The summed E-state index contributed by atoms with van der Waals surface area (Å²) in [7, 11) is 1.31. The first kappa shape index (κ1) is 11.7. The third-order valence-corrected chi connectivity index (χ3v) is 2.13. The zero-order valence-corrected chi connectivity index (χ0v) is 9.07. The number of esters is 1. The van der Waals surface area contributed by atoms with Gasteiger partial charge in [-0.25, -0.2) is 4.79 Å². The van der Waals surface area contributed by atoms with Crippen LogP contribution in [-0.2, 0) is 11.3 Å². The zero-order valence-electron chi connectivity index (χ0n) is 8.31. The Morgan fingerprint density at radius 1 is 1.80 bits per heavy atom. The lowest BCUT2D eigenvalue weighted by atomic mass is 10.3. The highest BCUT2D eigenvalue weighted by molar-refractivity contribution is 6.25. The molecule has 82 valence electrons. The van der Waals surface area contributed by atoms with E-state index in [4.69, 9.17) is 17.3 Å². The molecule has 0 unspecified atom stereocenters. The first-order chi connectivity index (χ1) is 7.21. The molecule has 0 spiro atoms. The molecule has 0 saturated heterocycles. The molecule has 0 aliphatic carbocycles. The number of hydrogen-bond acceptors (Lipinski definition) is 4. The predicted molar refractivity (Wildman–Crippen MR) is 56.6 cm³/mol. The van der Waals surface area contributed by atoms with E-state index < -0.39 is 5.97 Å². The van der Waals surface area contributed by atoms with Crippen LogP contribution in [0.15, 0.2) is 23.4 Å². The summed E-state index contributed by atoms with van der Waals surface area (Å²) < 4.78 is 6.10. The molecule has 0 bridgehead atoms. The van der Waals surface area contributed by atoms with Gasteiger partial charge < -0.3 is 10.5 Å². The van der Waals surface area contributed by atoms with Crippen molar-refractivity contribution in [2.24, 2.45) is 5.73 Å². The van der Waals surface area contributed by atoms with Gasteiger partial charge >= 0.3 is 5.97 Å². The number of nitrogens with zero attached hydrogens (tertiary/aromatic N) is 2. The lowest BCUT2D eigenvalue weighted by molar-refractivity contribution is 0.0593. The summed E-state index contributed by atoms with van der Waals surface area (Å²) in [5.74, 6) is -0.460. The van der Waals surface area contributed by atoms with Gasteiger partial charge in [-0.2, -0.15) is 5.10 Å². The molecule has 0 aliphatic heterocycles. The number of rotatable bonds is 4. The van der Waals surface area contributed by atoms with Gasteiger partial charge in [0.05, 0.1) is 13.7 Å². The van der Waals surface area contributed by atoms with Gasteiger partial charge in [-0.15, -0.1) is 0 Å². The zero-order chi connectivity index (χ0) is 11.3. The molecule has 0 aromatic carbocycles. The molecule has 1 aromatic heterocycles. The SMILES string of the molecule is COC(=O)c1ccn(C/C(=C/Cl)CN)n1. The minimum absolute atomic E-state index is 0.267. The van der Waals surface area contributed by atoms with Crippen molar-refractivity contribution in [2.75, 3.05) is 13.7 Å². The molecule has 5 nitrogen and oxygen atoms in total. The summed E-state index contributed by atoms with van der Waals surface area (Å²) in [5, 5.41) is 4.00. The van der Waals surface area contributed by atoms with Crippen molar-refractivity contribution in [3.05, 3.63) is 29.1 Å². The molecule has 15 heavy (non-hydrogen) atoms. The number of hydrogen-bond donors (Lipinski definition) is 1. The minimum Gasteiger partial charge on any atom is -0.464 e. The Bertz CT molecular complexity index is 373. The van der Waals surface area contributed by atoms with Gasteiger partial charge in [0.1, 0.15) is 0 Å². The van der Waals surface area contributed by atoms with Gasteiger partial charge in [0.15, 0.2) is 5.69 Å². The molecule has 0 saturated carbocycles. The van der Waals surface area contributed by atoms with Crippen LogP contribution in [0.2, 0.25) is 0 Å². The van der Waals surface area contributed by atoms with E-state index in [0.717, 1.165) is 5.57 Å². The van der Waals surface area contributed by atoms with Gasteiger partial charge in [-0.1, -0.05) is 11.6 Å². The van der Waals surface area contributed by atoms with Crippen LogP contribution in [0.1, 0.15) is 10.5 Å². The monoisotopic (exact) mass is 229 g/mol. The van der Waals surface area contributed by atoms with Crippen LogP contribution in [0.25, 0.3) is 0 Å². The van der Waals surface area contributed by atoms with E-state index in [1.54, 1.807) is 16.9 Å². The van der Waals surface area contributed by atoms with Crippen LogP contribution in [-0.4, -0.2) is 29.4 Å². The first-order valence-electron chi connectivity index (χ1n) is 4.31. The second kappa shape index (κ2) is 5.53. The van der Waals surface area contributed by atoms with E-state index >= 15 is 0 Å². The Hall–Kier alpha value is -1.33. The van der Waals surface area contributed by atoms with Crippen LogP contribution < -0.4 is 5.73 Å². The molecule has 0 fully saturated rings. The third kappa shape index (κ3) is 3.07. The molecular formula is C9H12ClN3O2. The second-order valence-corrected chi connectivity index (χ2v) is 3.08. The van der Waals surface area contributed by atoms with Crippen molar-refractivity contribution in [2.45, 2.75) is 6.54 Å². The Kier molecular flexibility index (Phi) is 4.33. The van der Waals surface area contributed by atoms with Crippen molar-refractivity contribution in [3.8, 4) is 0 Å². The van der Waals surface area contributed by atoms with E-state index in [1.165, 1.54) is 12.6 Å². The van der Waals surface area contributed by atoms with E-state index in [1.807, 2.05) is 0 Å². The van der Waals surface area contributed by atoms with Crippen LogP contribution in [0.4, 0.5) is 0 Å². The molecule has 0 aliphatic rings. The van der Waals surface area contributed by atoms with Crippen molar-refractivity contribution in [1.82, 2.24) is 9.78 Å². The molecule has 6 heteroatoms. The molecule has 1 heterocycles. The quantitative estimate of drug-likeness (QED) is 0.774. The van der Waals surface area contributed by atoms with E-state index in [2.05, 4.69) is 9.84 Å². The Morgan fingerprint density at radius 2 is 2.53 bits per heavy atom. The second-order valence-electron chi connectivity index (χ2n) is 2.86. The summed E-state index contributed by atoms with van der Waals surface area (Å²) in [6.07, 6.45) is 1.67. The van der Waals surface area contributed by atoms with Crippen LogP contribution in [0, 0.1) is 0 Å². The fourth-order valence-corrected chi connectivity index (χ4v) is 1.17. The highest BCUT2D eigenvalue weighted by Gasteiger charge is 2.09. The van der Waals surface area contributed by atoms with E-state index in [-0.39, 0.29) is 5.69 Å². The summed E-state index contributed by atoms with van der Waals surface area (Å²) in [6, 6.07) is 1.58. The molecule has 0 radical (unpaired) electrons. The van der Waals surface area contributed by atoms with Gasteiger partial charge in [-0.3, -0.25) is 4.68 Å². The van der Waals surface area contributed by atoms with E-state index in [9.17, 15) is 4.79 Å². The minimum atomic E-state index is -0.460. The third-order valence-electron chi connectivity index (χ3n) is 1.82. The Morgan fingerprint density at radius 3 is 3.07 bits per heavy atom. The summed E-state index contributed by atoms with van der Waals surface area (Å²) in [6.45, 7) is 0.827. The lowest BCUT2D eigenvalue weighted by Crippen LogP contribution is -2.11. The number of ether oxygens (including phenoxy) is 1. The maximum atomic E-state index is 11.1. The fourth-order valence-electron chi connectivity index (χ4n) is 1.01. The average Bonchev–Trinajstić information content (AvgIpc) is 2.73. The maximum absolute atomic E-state index is 11.1. The van der Waals surface area contributed by atoms with Crippen molar-refractivity contribution >= 4 is 17.6 Å². The van der Waals surface area contributed by atoms with Gasteiger partial charge in [0, 0.05) is 18.3 Å². The van der Waals surface area contributed by atoms with Crippen molar-refractivity contribution in [1.29, 1.82) is 0 Å². The maximum Gasteiger partial charge on any atom is 0.358 e. The molecular weight excluding hydrogens is 218 g/mol. The number of aromatic nitrogens is 2. The molecule has 2 N–H and O–H groups in total. The predicted octanol–water partition coefficient (Wildman–Crippen LogP) is 0.751. The smallest absolute Gasteiger partial charge is 0.358 e. The normalized spacial score (nSPS) is 11.5. The lowest BCUT2D eigenvalue weighted by Gasteiger charge is -2.02. The summed E-state index contributed by atoms with van der Waals surface area (Å²) in [5.41, 5.74) is 7.95. The standard InChI is InChI=1S/C9H12ClN3O2/c1-15-9(14)8-2-3-13(12-8)6-7(4-10)5-11/h2-4H,5-6,11H2,1H3/b7-4+. The number of methoxy groups -OCH3 is 1. The number of carbonyl (C=O) groups excluding carboxylic acids is 1. The largest absolute Gasteiger partial charge is 0.464 e. The first-order valence-corrected chi connectivity index (χ1v) is 4.75. The van der Waals surface area contributed by atoms with E-state index in [0.29, 0.717) is 13.1 Å². The molecule has 0 amide bonds. The highest BCUT2D eigenvalue weighted by Crippen LogP contribution is 2.02. The van der Waals surface area contributed by atoms with Crippen molar-refractivity contribution in [3.63, 3.8) is 0 Å². The Labute approximate surface area is 92.5 Å². The Balaban J connectivity index is 2.72. The summed E-state index contributed by atoms with van der Waals surface area (Å²) >= 11 is 5.54. The summed E-state index contributed by atoms with van der Waals surface area (Å²) in [4.78, 5) is 11.1. The van der Waals surface area contributed by atoms with Gasteiger partial charge in [0.25, 0.3) is 0 Å². The molecule has 1 rings (SSSR count). The van der Waals surface area contributed by atoms with Crippen molar-refractivity contribution < 1.29 is 9.53 Å². The fraction of sp³-hybridized carbons (Fsp3) is 0.333. The van der Waals surface area contributed by atoms with Crippen LogP contribution in [0.5, 0.6) is 0 Å². The van der Waals surface area contributed by atoms with Gasteiger partial charge in [0.2, 0.25) is 0 Å². The van der Waals surface area contributed by atoms with Crippen LogP contribution in [0.3, 0.4) is 0 Å². The molecule has 0 atom stereocenters. The number of nitrogens with two attached hydrogens (primary N) is 1. The highest BCUT2D eigenvalue weighted by atomic mass is 35.5. The van der Waals surface area contributed by atoms with Gasteiger partial charge in [-0.05, 0) is 11.6 Å². The topological polar surface area (TPSA) is 70.1 Å². The number of halogens is 1.